The molecule has 4 fully saturated rings. The summed E-state index contributed by atoms with van der Waals surface area (Å²) < 4.78 is 0. The summed E-state index contributed by atoms with van der Waals surface area (Å²) in [6, 6.07) is 2.74. The van der Waals surface area contributed by atoms with E-state index in [9.17, 15) is 10.4 Å². The Morgan fingerprint density at radius 1 is 1.03 bits per heavy atom. The van der Waals surface area contributed by atoms with E-state index in [0.717, 1.165) is 52.0 Å². The number of aliphatic hydroxyl groups is 1. The van der Waals surface area contributed by atoms with Gasteiger partial charge >= 0.3 is 0 Å². The Hall–Kier alpha value is -0.130. The first-order valence-corrected chi connectivity index (χ1v) is 12.2. The second-order valence-corrected chi connectivity index (χ2v) is 10.5. The normalized spacial score (nSPS) is 44.8. The third-order valence-electron chi connectivity index (χ3n) is 7.84. The summed E-state index contributed by atoms with van der Waals surface area (Å²) in [7, 11) is 0. The largest absolute Gasteiger partial charge is 0.395 e. The molecule has 8 heteroatoms. The summed E-state index contributed by atoms with van der Waals surface area (Å²) in [5.41, 5.74) is 0. The minimum atomic E-state index is -0.148. The van der Waals surface area contributed by atoms with Crippen LogP contribution in [0.25, 0.3) is 0 Å². The van der Waals surface area contributed by atoms with Gasteiger partial charge in [-0.25, -0.2) is 0 Å². The van der Waals surface area contributed by atoms with Crippen LogP contribution >= 0.6 is 23.2 Å². The quantitative estimate of drug-likeness (QED) is 0.574. The molecule has 2 saturated carbocycles. The summed E-state index contributed by atoms with van der Waals surface area (Å²) in [4.78, 5) is 4.58. The molecule has 0 aromatic heterocycles. The fraction of sp³-hybridized carbons (Fsp3) is 0.952. The van der Waals surface area contributed by atoms with Crippen LogP contribution in [0.2, 0.25) is 0 Å². The zero-order valence-corrected chi connectivity index (χ0v) is 18.7. The van der Waals surface area contributed by atoms with E-state index >= 15 is 0 Å². The maximum Gasteiger partial charge on any atom is 0.111 e. The van der Waals surface area contributed by atoms with Gasteiger partial charge in [0.25, 0.3) is 0 Å². The van der Waals surface area contributed by atoms with Gasteiger partial charge in [0.1, 0.15) is 6.04 Å². The number of nitrogens with one attached hydrogen (secondary N) is 2. The van der Waals surface area contributed by atoms with Crippen LogP contribution in [0, 0.1) is 29.1 Å². The second-order valence-electron chi connectivity index (χ2n) is 9.36. The lowest BCUT2D eigenvalue weighted by Crippen LogP contribution is -2.69. The maximum atomic E-state index is 9.64. The van der Waals surface area contributed by atoms with Gasteiger partial charge in [-0.1, -0.05) is 0 Å². The van der Waals surface area contributed by atoms with Gasteiger partial charge in [0.05, 0.1) is 18.8 Å². The first-order chi connectivity index (χ1) is 14.1. The molecular weight excluding hydrogens is 409 g/mol. The first kappa shape index (κ1) is 22.1. The van der Waals surface area contributed by atoms with Crippen molar-refractivity contribution in [2.45, 2.75) is 67.5 Å². The third kappa shape index (κ3) is 4.87. The van der Waals surface area contributed by atoms with Crippen molar-refractivity contribution in [2.75, 3.05) is 39.5 Å². The SMILES string of the molecule is N#CC1CN(C2NCNC3CC(Cl)C(C4CCC(Cl)CC4)CC32)CCN1CCO. The van der Waals surface area contributed by atoms with Gasteiger partial charge in [0.2, 0.25) is 0 Å². The minimum absolute atomic E-state index is 0.109. The van der Waals surface area contributed by atoms with Gasteiger partial charge < -0.3 is 10.4 Å². The number of halogens is 2. The van der Waals surface area contributed by atoms with Crippen LogP contribution in [0.1, 0.15) is 38.5 Å². The standard InChI is InChI=1S/C21H35Cl2N5O/c22-15-3-1-14(2-4-15)17-9-18-20(10-19(17)23)25-13-26-21(18)28-6-5-27(7-8-29)16(11-24)12-28/h14-21,25-26,29H,1-10,12-13H2. The molecule has 0 radical (unpaired) electrons. The van der Waals surface area contributed by atoms with Crippen LogP contribution in [-0.2, 0) is 0 Å². The van der Waals surface area contributed by atoms with Crippen LogP contribution in [0.3, 0.4) is 0 Å². The minimum Gasteiger partial charge on any atom is -0.395 e. The van der Waals surface area contributed by atoms with Crippen molar-refractivity contribution in [3.8, 4) is 6.07 Å². The van der Waals surface area contributed by atoms with Gasteiger partial charge in [-0.2, -0.15) is 5.26 Å². The molecule has 6 atom stereocenters. The van der Waals surface area contributed by atoms with Gasteiger partial charge in [-0.05, 0) is 50.4 Å². The summed E-state index contributed by atoms with van der Waals surface area (Å²) in [5, 5.41) is 26.9. The van der Waals surface area contributed by atoms with Crippen LogP contribution in [0.15, 0.2) is 0 Å². The van der Waals surface area contributed by atoms with Crippen LogP contribution < -0.4 is 10.6 Å². The van der Waals surface area contributed by atoms with Crippen molar-refractivity contribution in [3.63, 3.8) is 0 Å². The average Bonchev–Trinajstić information content (AvgIpc) is 2.74. The number of hydrogen-bond acceptors (Lipinski definition) is 6. The Bertz CT molecular complexity index is 582. The van der Waals surface area contributed by atoms with Gasteiger partial charge in [-0.15, -0.1) is 23.2 Å². The molecule has 2 aliphatic heterocycles. The fourth-order valence-corrected chi connectivity index (χ4v) is 7.01. The molecule has 4 aliphatic rings. The van der Waals surface area contributed by atoms with Crippen molar-refractivity contribution in [1.82, 2.24) is 20.4 Å². The molecule has 2 saturated heterocycles. The molecule has 0 aromatic carbocycles. The van der Waals surface area contributed by atoms with Crippen molar-refractivity contribution in [3.05, 3.63) is 0 Å². The molecule has 4 rings (SSSR count). The fourth-order valence-electron chi connectivity index (χ4n) is 6.26. The van der Waals surface area contributed by atoms with Crippen molar-refractivity contribution < 1.29 is 5.11 Å². The summed E-state index contributed by atoms with van der Waals surface area (Å²) >= 11 is 13.3. The number of rotatable bonds is 4. The van der Waals surface area contributed by atoms with Crippen LogP contribution in [0.5, 0.6) is 0 Å². The highest BCUT2D eigenvalue weighted by Crippen LogP contribution is 2.45. The van der Waals surface area contributed by atoms with Gasteiger partial charge in [0, 0.05) is 55.6 Å². The second kappa shape index (κ2) is 9.99. The topological polar surface area (TPSA) is 74.6 Å². The number of hydrogen-bond donors (Lipinski definition) is 3. The van der Waals surface area contributed by atoms with E-state index in [-0.39, 0.29) is 18.0 Å². The molecule has 2 aliphatic carbocycles. The van der Waals surface area contributed by atoms with E-state index in [2.05, 4.69) is 26.5 Å². The average molecular weight is 444 g/mol. The zero-order chi connectivity index (χ0) is 20.4. The Morgan fingerprint density at radius 2 is 1.83 bits per heavy atom. The summed E-state index contributed by atoms with van der Waals surface area (Å²) in [6.45, 7) is 4.00. The molecule has 6 unspecified atom stereocenters. The monoisotopic (exact) mass is 443 g/mol. The van der Waals surface area contributed by atoms with Crippen LogP contribution in [-0.4, -0.2) is 83.4 Å². The third-order valence-corrected chi connectivity index (χ3v) is 8.78. The number of nitriles is 1. The van der Waals surface area contributed by atoms with Crippen molar-refractivity contribution >= 4 is 23.2 Å². The zero-order valence-electron chi connectivity index (χ0n) is 17.1. The summed E-state index contributed by atoms with van der Waals surface area (Å²) in [5.74, 6) is 1.78. The van der Waals surface area contributed by atoms with Gasteiger partial charge in [-0.3, -0.25) is 15.1 Å². The summed E-state index contributed by atoms with van der Waals surface area (Å²) in [6.07, 6.45) is 7.14. The highest BCUT2D eigenvalue weighted by atomic mass is 35.5. The first-order valence-electron chi connectivity index (χ1n) is 11.3. The number of aliphatic hydroxyl groups excluding tert-OH is 1. The van der Waals surface area contributed by atoms with E-state index in [1.165, 1.54) is 12.8 Å². The van der Waals surface area contributed by atoms with E-state index in [1.54, 1.807) is 0 Å². The van der Waals surface area contributed by atoms with Crippen molar-refractivity contribution in [2.24, 2.45) is 17.8 Å². The molecule has 0 spiro atoms. The van der Waals surface area contributed by atoms with E-state index in [1.807, 2.05) is 0 Å². The molecule has 2 heterocycles. The van der Waals surface area contributed by atoms with E-state index in [4.69, 9.17) is 23.2 Å². The number of piperazine rings is 1. The molecule has 0 aromatic rings. The number of alkyl halides is 2. The Labute approximate surface area is 184 Å². The molecule has 3 N–H and O–H groups in total. The van der Waals surface area contributed by atoms with Crippen LogP contribution in [0.4, 0.5) is 0 Å². The highest BCUT2D eigenvalue weighted by molar-refractivity contribution is 6.21. The lowest BCUT2D eigenvalue weighted by atomic mass is 9.67. The van der Waals surface area contributed by atoms with E-state index in [0.29, 0.717) is 41.9 Å². The predicted molar refractivity (Wildman–Crippen MR) is 116 cm³/mol. The predicted octanol–water partition coefficient (Wildman–Crippen LogP) is 1.76. The smallest absolute Gasteiger partial charge is 0.111 e. The molecular formula is C21H35Cl2N5O. The maximum absolute atomic E-state index is 9.64. The highest BCUT2D eigenvalue weighted by Gasteiger charge is 2.47. The number of β-amino-alcohol motifs (C(OH)–C–C–N with tert-alkyl or cyclic N) is 1. The van der Waals surface area contributed by atoms with Gasteiger partial charge in [0.15, 0.2) is 0 Å². The van der Waals surface area contributed by atoms with Crippen molar-refractivity contribution in [1.29, 1.82) is 5.26 Å². The number of nitrogens with zero attached hydrogens (tertiary/aromatic N) is 3. The Balaban J connectivity index is 1.44. The molecule has 164 valence electrons. The molecule has 6 nitrogen and oxygen atoms in total. The number of fused-ring (bicyclic) bond motifs is 1. The Morgan fingerprint density at radius 3 is 2.55 bits per heavy atom. The molecule has 29 heavy (non-hydrogen) atoms. The Kier molecular flexibility index (Phi) is 7.61. The molecule has 0 bridgehead atoms. The lowest BCUT2D eigenvalue weighted by Gasteiger charge is -2.53. The molecule has 0 amide bonds. The lowest BCUT2D eigenvalue weighted by molar-refractivity contribution is -0.0199. The van der Waals surface area contributed by atoms with E-state index < -0.39 is 0 Å².